The van der Waals surface area contributed by atoms with Crippen molar-refractivity contribution in [1.29, 1.82) is 0 Å². The van der Waals surface area contributed by atoms with Crippen LogP contribution in [0.25, 0.3) is 0 Å². The zero-order valence-corrected chi connectivity index (χ0v) is 10.5. The number of aliphatic hydroxyl groups is 1. The largest absolute Gasteiger partial charge is 0.395 e. The van der Waals surface area contributed by atoms with Gasteiger partial charge in [-0.15, -0.1) is 0 Å². The third kappa shape index (κ3) is 3.72. The van der Waals surface area contributed by atoms with Crippen LogP contribution in [0.1, 0.15) is 39.0 Å². The fourth-order valence-corrected chi connectivity index (χ4v) is 2.78. The van der Waals surface area contributed by atoms with E-state index in [0.717, 1.165) is 12.5 Å². The van der Waals surface area contributed by atoms with Gasteiger partial charge in [-0.25, -0.2) is 0 Å². The average molecular weight is 226 g/mol. The first-order chi connectivity index (χ1) is 7.81. The number of rotatable bonds is 7. The van der Waals surface area contributed by atoms with E-state index >= 15 is 0 Å². The number of nitrogens with one attached hydrogen (secondary N) is 1. The molecule has 0 aromatic rings. The van der Waals surface area contributed by atoms with Gasteiger partial charge in [-0.2, -0.15) is 0 Å². The quantitative estimate of drug-likeness (QED) is 0.685. The van der Waals surface area contributed by atoms with E-state index in [-0.39, 0.29) is 6.61 Å². The fraction of sp³-hybridized carbons (Fsp3) is 1.00. The van der Waals surface area contributed by atoms with Gasteiger partial charge in [-0.1, -0.05) is 13.3 Å². The molecule has 94 valence electrons. The second-order valence-electron chi connectivity index (χ2n) is 5.52. The number of likely N-dealkylation sites (tertiary alicyclic amines) is 1. The molecule has 0 amide bonds. The van der Waals surface area contributed by atoms with E-state index in [1.54, 1.807) is 0 Å². The fourth-order valence-electron chi connectivity index (χ4n) is 2.78. The van der Waals surface area contributed by atoms with Gasteiger partial charge in [0.15, 0.2) is 0 Å². The molecule has 1 saturated carbocycles. The van der Waals surface area contributed by atoms with Crippen LogP contribution in [0.4, 0.5) is 0 Å². The minimum Gasteiger partial charge on any atom is -0.395 e. The summed E-state index contributed by atoms with van der Waals surface area (Å²) in [6.45, 7) is 6.07. The minimum atomic E-state index is 0.283. The van der Waals surface area contributed by atoms with Crippen molar-refractivity contribution in [1.82, 2.24) is 10.2 Å². The van der Waals surface area contributed by atoms with Crippen molar-refractivity contribution in [3.8, 4) is 0 Å². The molecular formula is C13H26N2O. The molecule has 2 unspecified atom stereocenters. The Balaban J connectivity index is 1.67. The molecule has 1 saturated heterocycles. The number of aliphatic hydroxyl groups excluding tert-OH is 1. The molecule has 3 heteroatoms. The number of hydrogen-bond acceptors (Lipinski definition) is 3. The van der Waals surface area contributed by atoms with E-state index in [1.165, 1.54) is 45.2 Å². The van der Waals surface area contributed by atoms with Crippen LogP contribution < -0.4 is 5.32 Å². The van der Waals surface area contributed by atoms with Crippen molar-refractivity contribution < 1.29 is 5.11 Å². The third-order valence-electron chi connectivity index (χ3n) is 3.81. The Morgan fingerprint density at radius 2 is 2.19 bits per heavy atom. The Morgan fingerprint density at radius 3 is 2.81 bits per heavy atom. The van der Waals surface area contributed by atoms with Gasteiger partial charge in [0.25, 0.3) is 0 Å². The first-order valence-corrected chi connectivity index (χ1v) is 6.91. The van der Waals surface area contributed by atoms with Crippen molar-refractivity contribution >= 4 is 0 Å². The van der Waals surface area contributed by atoms with Crippen molar-refractivity contribution in [3.05, 3.63) is 0 Å². The van der Waals surface area contributed by atoms with Gasteiger partial charge < -0.3 is 15.3 Å². The third-order valence-corrected chi connectivity index (χ3v) is 3.81. The molecule has 2 fully saturated rings. The molecule has 1 aliphatic carbocycles. The SMILES string of the molecule is CCCC1CCN(CC(CO)NC2CC2)C1. The highest BCUT2D eigenvalue weighted by Gasteiger charge is 2.27. The Kier molecular flexibility index (Phi) is 4.62. The highest BCUT2D eigenvalue weighted by molar-refractivity contribution is 4.87. The van der Waals surface area contributed by atoms with Crippen LogP contribution in [0.3, 0.4) is 0 Å². The Hall–Kier alpha value is -0.120. The van der Waals surface area contributed by atoms with Gasteiger partial charge in [0.1, 0.15) is 0 Å². The molecule has 2 rings (SSSR count). The van der Waals surface area contributed by atoms with Crippen LogP contribution in [0.2, 0.25) is 0 Å². The smallest absolute Gasteiger partial charge is 0.0597 e. The molecule has 3 nitrogen and oxygen atoms in total. The lowest BCUT2D eigenvalue weighted by Gasteiger charge is -2.23. The monoisotopic (exact) mass is 226 g/mol. The number of nitrogens with zero attached hydrogens (tertiary/aromatic N) is 1. The molecule has 1 heterocycles. The maximum Gasteiger partial charge on any atom is 0.0597 e. The summed E-state index contributed by atoms with van der Waals surface area (Å²) in [5.74, 6) is 0.908. The van der Waals surface area contributed by atoms with Crippen molar-refractivity contribution in [2.24, 2.45) is 5.92 Å². The van der Waals surface area contributed by atoms with E-state index in [1.807, 2.05) is 0 Å². The molecule has 0 aromatic carbocycles. The van der Waals surface area contributed by atoms with Crippen LogP contribution in [0.5, 0.6) is 0 Å². The molecule has 2 aliphatic rings. The highest BCUT2D eigenvalue weighted by atomic mass is 16.3. The predicted molar refractivity (Wildman–Crippen MR) is 66.5 cm³/mol. The van der Waals surface area contributed by atoms with Gasteiger partial charge >= 0.3 is 0 Å². The molecular weight excluding hydrogens is 200 g/mol. The van der Waals surface area contributed by atoms with Crippen LogP contribution in [-0.2, 0) is 0 Å². The normalized spacial score (nSPS) is 28.5. The second kappa shape index (κ2) is 5.99. The van der Waals surface area contributed by atoms with Gasteiger partial charge in [-0.05, 0) is 38.1 Å². The maximum atomic E-state index is 9.34. The van der Waals surface area contributed by atoms with E-state index in [0.29, 0.717) is 12.1 Å². The lowest BCUT2D eigenvalue weighted by atomic mass is 10.0. The molecule has 2 atom stereocenters. The topological polar surface area (TPSA) is 35.5 Å². The van der Waals surface area contributed by atoms with E-state index < -0.39 is 0 Å². The minimum absolute atomic E-state index is 0.283. The molecule has 0 spiro atoms. The van der Waals surface area contributed by atoms with E-state index in [4.69, 9.17) is 0 Å². The van der Waals surface area contributed by atoms with Crippen LogP contribution >= 0.6 is 0 Å². The Bertz CT molecular complexity index is 206. The van der Waals surface area contributed by atoms with Gasteiger partial charge in [-0.3, -0.25) is 0 Å². The van der Waals surface area contributed by atoms with Gasteiger partial charge in [0, 0.05) is 25.2 Å². The molecule has 16 heavy (non-hydrogen) atoms. The first-order valence-electron chi connectivity index (χ1n) is 6.91. The summed E-state index contributed by atoms with van der Waals surface area (Å²) in [7, 11) is 0. The van der Waals surface area contributed by atoms with Crippen molar-refractivity contribution in [2.45, 2.75) is 51.1 Å². The van der Waals surface area contributed by atoms with Crippen LogP contribution in [0.15, 0.2) is 0 Å². The summed E-state index contributed by atoms with van der Waals surface area (Å²) in [5.41, 5.74) is 0. The van der Waals surface area contributed by atoms with Crippen molar-refractivity contribution in [3.63, 3.8) is 0 Å². The van der Waals surface area contributed by atoms with Crippen LogP contribution in [0, 0.1) is 5.92 Å². The lowest BCUT2D eigenvalue weighted by Crippen LogP contribution is -2.43. The van der Waals surface area contributed by atoms with Crippen LogP contribution in [-0.4, -0.2) is 48.3 Å². The number of hydrogen-bond donors (Lipinski definition) is 2. The first kappa shape index (κ1) is 12.3. The van der Waals surface area contributed by atoms with E-state index in [9.17, 15) is 5.11 Å². The summed E-state index contributed by atoms with van der Waals surface area (Å²) in [6, 6.07) is 0.999. The summed E-state index contributed by atoms with van der Waals surface area (Å²) >= 11 is 0. The molecule has 0 aromatic heterocycles. The Morgan fingerprint density at radius 1 is 1.38 bits per heavy atom. The van der Waals surface area contributed by atoms with Gasteiger partial charge in [0.05, 0.1) is 6.61 Å². The van der Waals surface area contributed by atoms with E-state index in [2.05, 4.69) is 17.1 Å². The summed E-state index contributed by atoms with van der Waals surface area (Å²) in [6.07, 6.45) is 6.64. The molecule has 0 radical (unpaired) electrons. The lowest BCUT2D eigenvalue weighted by molar-refractivity contribution is 0.194. The summed E-state index contributed by atoms with van der Waals surface area (Å²) in [4.78, 5) is 2.52. The zero-order valence-electron chi connectivity index (χ0n) is 10.5. The van der Waals surface area contributed by atoms with Crippen molar-refractivity contribution in [2.75, 3.05) is 26.2 Å². The summed E-state index contributed by atoms with van der Waals surface area (Å²) in [5, 5.41) is 12.9. The summed E-state index contributed by atoms with van der Waals surface area (Å²) < 4.78 is 0. The highest BCUT2D eigenvalue weighted by Crippen LogP contribution is 2.22. The van der Waals surface area contributed by atoms with Gasteiger partial charge in [0.2, 0.25) is 0 Å². The molecule has 2 N–H and O–H groups in total. The zero-order chi connectivity index (χ0) is 11.4. The predicted octanol–water partition coefficient (Wildman–Crippen LogP) is 1.22. The molecule has 0 bridgehead atoms. The standard InChI is InChI=1S/C13H26N2O/c1-2-3-11-6-7-15(8-11)9-13(10-16)14-12-4-5-12/h11-14,16H,2-10H2,1H3. The maximum absolute atomic E-state index is 9.34. The molecule has 1 aliphatic heterocycles. The second-order valence-corrected chi connectivity index (χ2v) is 5.52. The average Bonchev–Trinajstić information content (AvgIpc) is 2.99. The Labute approximate surface area is 99.2 Å².